The third kappa shape index (κ3) is 4.37. The molecular formula is C17H19Cl2NO. The Morgan fingerprint density at radius 1 is 1.10 bits per heavy atom. The number of likely N-dealkylation sites (N-methyl/N-ethyl adjacent to an activating group) is 1. The Kier molecular flexibility index (Phi) is 5.92. The van der Waals surface area contributed by atoms with E-state index in [2.05, 4.69) is 24.4 Å². The molecule has 0 fully saturated rings. The second-order valence-corrected chi connectivity index (χ2v) is 5.67. The Balaban J connectivity index is 2.23. The number of ether oxygens (including phenoxy) is 1. The lowest BCUT2D eigenvalue weighted by Crippen LogP contribution is -2.23. The summed E-state index contributed by atoms with van der Waals surface area (Å²) < 4.78 is 5.20. The Bertz CT molecular complexity index is 584. The first-order valence-electron chi connectivity index (χ1n) is 6.95. The molecular weight excluding hydrogens is 305 g/mol. The van der Waals surface area contributed by atoms with Crippen molar-refractivity contribution >= 4 is 23.2 Å². The fourth-order valence-electron chi connectivity index (χ4n) is 2.31. The zero-order chi connectivity index (χ0) is 15.2. The van der Waals surface area contributed by atoms with Gasteiger partial charge in [-0.15, -0.1) is 0 Å². The second-order valence-electron chi connectivity index (χ2n) is 4.82. The quantitative estimate of drug-likeness (QED) is 0.816. The maximum Gasteiger partial charge on any atom is 0.118 e. The van der Waals surface area contributed by atoms with Gasteiger partial charge in [0.05, 0.1) is 7.11 Å². The van der Waals surface area contributed by atoms with Crippen LogP contribution in [-0.2, 0) is 6.42 Å². The molecule has 2 nitrogen and oxygen atoms in total. The number of nitrogens with one attached hydrogen (secondary N) is 1. The van der Waals surface area contributed by atoms with Gasteiger partial charge < -0.3 is 10.1 Å². The molecule has 0 aromatic heterocycles. The van der Waals surface area contributed by atoms with E-state index in [1.165, 1.54) is 5.56 Å². The molecule has 21 heavy (non-hydrogen) atoms. The molecule has 1 unspecified atom stereocenters. The summed E-state index contributed by atoms with van der Waals surface area (Å²) in [6.45, 7) is 2.98. The lowest BCUT2D eigenvalue weighted by atomic mass is 9.98. The monoisotopic (exact) mass is 323 g/mol. The fraction of sp³-hybridized carbons (Fsp3) is 0.294. The van der Waals surface area contributed by atoms with Crippen molar-refractivity contribution in [1.29, 1.82) is 0 Å². The van der Waals surface area contributed by atoms with E-state index in [4.69, 9.17) is 27.9 Å². The van der Waals surface area contributed by atoms with Gasteiger partial charge in [0.1, 0.15) is 5.75 Å². The smallest absolute Gasteiger partial charge is 0.118 e. The average molecular weight is 324 g/mol. The Morgan fingerprint density at radius 2 is 1.81 bits per heavy atom. The molecule has 0 heterocycles. The summed E-state index contributed by atoms with van der Waals surface area (Å²) in [6.07, 6.45) is 0.791. The summed E-state index contributed by atoms with van der Waals surface area (Å²) in [6, 6.07) is 13.9. The molecule has 0 saturated carbocycles. The van der Waals surface area contributed by atoms with Crippen LogP contribution < -0.4 is 10.1 Å². The van der Waals surface area contributed by atoms with E-state index in [-0.39, 0.29) is 6.04 Å². The maximum atomic E-state index is 6.27. The summed E-state index contributed by atoms with van der Waals surface area (Å²) in [4.78, 5) is 0. The molecule has 0 amide bonds. The molecule has 0 aliphatic heterocycles. The zero-order valence-corrected chi connectivity index (χ0v) is 13.7. The molecule has 0 aliphatic rings. The highest BCUT2D eigenvalue weighted by Crippen LogP contribution is 2.27. The van der Waals surface area contributed by atoms with Gasteiger partial charge in [-0.25, -0.2) is 0 Å². The van der Waals surface area contributed by atoms with Crippen LogP contribution in [0.2, 0.25) is 10.0 Å². The van der Waals surface area contributed by atoms with Crippen LogP contribution in [0.15, 0.2) is 42.5 Å². The first-order chi connectivity index (χ1) is 10.1. The average Bonchev–Trinajstić information content (AvgIpc) is 2.50. The fourth-order valence-corrected chi connectivity index (χ4v) is 2.70. The van der Waals surface area contributed by atoms with Crippen molar-refractivity contribution in [2.24, 2.45) is 0 Å². The summed E-state index contributed by atoms with van der Waals surface area (Å²) in [5, 5.41) is 4.94. The lowest BCUT2D eigenvalue weighted by Gasteiger charge is -2.19. The summed E-state index contributed by atoms with van der Waals surface area (Å²) in [5.74, 6) is 0.856. The predicted molar refractivity (Wildman–Crippen MR) is 89.6 cm³/mol. The van der Waals surface area contributed by atoms with Crippen LogP contribution in [0.5, 0.6) is 5.75 Å². The number of rotatable bonds is 6. The molecule has 0 spiro atoms. The van der Waals surface area contributed by atoms with Crippen LogP contribution in [0.4, 0.5) is 0 Å². The van der Waals surface area contributed by atoms with Gasteiger partial charge in [0, 0.05) is 16.1 Å². The maximum absolute atomic E-state index is 6.27. The summed E-state index contributed by atoms with van der Waals surface area (Å²) in [5.41, 5.74) is 2.25. The van der Waals surface area contributed by atoms with E-state index in [1.807, 2.05) is 30.3 Å². The van der Waals surface area contributed by atoms with Gasteiger partial charge >= 0.3 is 0 Å². The SMILES string of the molecule is CCNC(Cc1cc(Cl)ccc1Cl)c1ccc(OC)cc1. The van der Waals surface area contributed by atoms with E-state index in [1.54, 1.807) is 7.11 Å². The van der Waals surface area contributed by atoms with E-state index in [0.717, 1.165) is 29.3 Å². The van der Waals surface area contributed by atoms with E-state index in [0.29, 0.717) is 5.02 Å². The van der Waals surface area contributed by atoms with Crippen molar-refractivity contribution in [1.82, 2.24) is 5.32 Å². The highest BCUT2D eigenvalue weighted by atomic mass is 35.5. The largest absolute Gasteiger partial charge is 0.497 e. The minimum atomic E-state index is 0.192. The van der Waals surface area contributed by atoms with Gasteiger partial charge in [0.25, 0.3) is 0 Å². The van der Waals surface area contributed by atoms with Gasteiger partial charge in [-0.05, 0) is 54.4 Å². The summed E-state index contributed by atoms with van der Waals surface area (Å²) in [7, 11) is 1.67. The van der Waals surface area contributed by atoms with E-state index < -0.39 is 0 Å². The minimum absolute atomic E-state index is 0.192. The van der Waals surface area contributed by atoms with Gasteiger partial charge in [-0.3, -0.25) is 0 Å². The molecule has 4 heteroatoms. The molecule has 112 valence electrons. The van der Waals surface area contributed by atoms with Crippen molar-refractivity contribution in [2.45, 2.75) is 19.4 Å². The molecule has 2 aromatic rings. The third-order valence-corrected chi connectivity index (χ3v) is 4.00. The Labute approximate surface area is 136 Å². The highest BCUT2D eigenvalue weighted by molar-refractivity contribution is 6.33. The Hall–Kier alpha value is -1.22. The van der Waals surface area contributed by atoms with Gasteiger partial charge in [-0.1, -0.05) is 42.3 Å². The van der Waals surface area contributed by atoms with Crippen LogP contribution in [0.3, 0.4) is 0 Å². The van der Waals surface area contributed by atoms with Crippen molar-refractivity contribution < 1.29 is 4.74 Å². The van der Waals surface area contributed by atoms with Crippen LogP contribution in [-0.4, -0.2) is 13.7 Å². The molecule has 1 atom stereocenters. The van der Waals surface area contributed by atoms with Crippen LogP contribution >= 0.6 is 23.2 Å². The third-order valence-electron chi connectivity index (χ3n) is 3.40. The lowest BCUT2D eigenvalue weighted by molar-refractivity contribution is 0.414. The van der Waals surface area contributed by atoms with E-state index >= 15 is 0 Å². The number of benzene rings is 2. The van der Waals surface area contributed by atoms with Gasteiger partial charge in [0.15, 0.2) is 0 Å². The standard InChI is InChI=1S/C17H19Cl2NO/c1-3-20-17(12-4-7-15(21-2)8-5-12)11-13-10-14(18)6-9-16(13)19/h4-10,17,20H,3,11H2,1-2H3. The predicted octanol–water partition coefficient (Wildman–Crippen LogP) is 4.90. The zero-order valence-electron chi connectivity index (χ0n) is 12.2. The second kappa shape index (κ2) is 7.69. The van der Waals surface area contributed by atoms with Crippen LogP contribution in [0, 0.1) is 0 Å². The first kappa shape index (κ1) is 16.2. The highest BCUT2D eigenvalue weighted by Gasteiger charge is 2.13. The van der Waals surface area contributed by atoms with Gasteiger partial charge in [0.2, 0.25) is 0 Å². The molecule has 1 N–H and O–H groups in total. The Morgan fingerprint density at radius 3 is 2.43 bits per heavy atom. The van der Waals surface area contributed by atoms with Crippen molar-refractivity contribution in [3.05, 3.63) is 63.6 Å². The summed E-state index contributed by atoms with van der Waals surface area (Å²) >= 11 is 12.3. The van der Waals surface area contributed by atoms with E-state index in [9.17, 15) is 0 Å². The molecule has 2 aromatic carbocycles. The van der Waals surface area contributed by atoms with Crippen LogP contribution in [0.25, 0.3) is 0 Å². The van der Waals surface area contributed by atoms with Gasteiger partial charge in [-0.2, -0.15) is 0 Å². The van der Waals surface area contributed by atoms with Crippen molar-refractivity contribution in [3.63, 3.8) is 0 Å². The van der Waals surface area contributed by atoms with Crippen molar-refractivity contribution in [2.75, 3.05) is 13.7 Å². The van der Waals surface area contributed by atoms with Crippen LogP contribution in [0.1, 0.15) is 24.1 Å². The number of hydrogen-bond donors (Lipinski definition) is 1. The normalized spacial score (nSPS) is 12.2. The molecule has 2 rings (SSSR count). The number of methoxy groups -OCH3 is 1. The first-order valence-corrected chi connectivity index (χ1v) is 7.71. The number of hydrogen-bond acceptors (Lipinski definition) is 2. The topological polar surface area (TPSA) is 21.3 Å². The molecule has 0 bridgehead atoms. The molecule has 0 aliphatic carbocycles. The van der Waals surface area contributed by atoms with Crippen molar-refractivity contribution in [3.8, 4) is 5.75 Å². The number of halogens is 2. The minimum Gasteiger partial charge on any atom is -0.497 e. The molecule has 0 radical (unpaired) electrons. The molecule has 0 saturated heterocycles.